The van der Waals surface area contributed by atoms with Gasteiger partial charge in [0.1, 0.15) is 17.2 Å². The van der Waals surface area contributed by atoms with E-state index in [1.54, 1.807) is 0 Å². The molecule has 0 radical (unpaired) electrons. The lowest BCUT2D eigenvalue weighted by atomic mass is 9.86. The van der Waals surface area contributed by atoms with Crippen LogP contribution in [0.25, 0.3) is 0 Å². The van der Waals surface area contributed by atoms with Gasteiger partial charge in [-0.15, -0.1) is 0 Å². The normalized spacial score (nSPS) is 22.7. The summed E-state index contributed by atoms with van der Waals surface area (Å²) in [7, 11) is 0. The smallest absolute Gasteiger partial charge is 0.315 e. The molecule has 2 rings (SSSR count). The van der Waals surface area contributed by atoms with Crippen LogP contribution in [0.3, 0.4) is 0 Å². The summed E-state index contributed by atoms with van der Waals surface area (Å²) in [5.41, 5.74) is -1.81. The fraction of sp³-hybridized carbons (Fsp3) is 0.529. The van der Waals surface area contributed by atoms with Gasteiger partial charge in [-0.1, -0.05) is 6.07 Å². The highest BCUT2D eigenvalue weighted by Crippen LogP contribution is 2.25. The maximum atomic E-state index is 13.8. The van der Waals surface area contributed by atoms with Gasteiger partial charge in [-0.2, -0.15) is 0 Å². The van der Waals surface area contributed by atoms with E-state index in [1.165, 1.54) is 6.92 Å². The number of amides is 2. The Morgan fingerprint density at radius 2 is 1.88 bits per heavy atom. The minimum absolute atomic E-state index is 0.115. The van der Waals surface area contributed by atoms with Crippen LogP contribution in [0.4, 0.5) is 13.6 Å². The van der Waals surface area contributed by atoms with E-state index in [4.69, 9.17) is 5.11 Å². The molecule has 1 aliphatic carbocycles. The Morgan fingerprint density at radius 3 is 2.44 bits per heavy atom. The first-order valence-corrected chi connectivity index (χ1v) is 8.14. The SMILES string of the molecule is CC(O)(CNC(=O)NC1CCC(C(=O)O)CC1)c1ccc(F)cc1F. The van der Waals surface area contributed by atoms with Gasteiger partial charge in [0, 0.05) is 17.7 Å². The number of hydrogen-bond acceptors (Lipinski definition) is 3. The third-order valence-corrected chi connectivity index (χ3v) is 4.52. The van der Waals surface area contributed by atoms with Crippen molar-refractivity contribution in [1.29, 1.82) is 0 Å². The third-order valence-electron chi connectivity index (χ3n) is 4.52. The predicted molar refractivity (Wildman–Crippen MR) is 85.8 cm³/mol. The Hall–Kier alpha value is -2.22. The summed E-state index contributed by atoms with van der Waals surface area (Å²) in [6, 6.07) is 2.18. The van der Waals surface area contributed by atoms with E-state index in [0.717, 1.165) is 12.1 Å². The fourth-order valence-electron chi connectivity index (χ4n) is 3.00. The zero-order chi connectivity index (χ0) is 18.6. The molecule has 138 valence electrons. The molecule has 1 aliphatic rings. The zero-order valence-corrected chi connectivity index (χ0v) is 13.9. The van der Waals surface area contributed by atoms with Gasteiger partial charge in [0.2, 0.25) is 0 Å². The highest BCUT2D eigenvalue weighted by Gasteiger charge is 2.29. The van der Waals surface area contributed by atoms with E-state index in [-0.39, 0.29) is 24.1 Å². The van der Waals surface area contributed by atoms with E-state index in [0.29, 0.717) is 31.7 Å². The Labute approximate surface area is 144 Å². The molecular weight excluding hydrogens is 334 g/mol. The van der Waals surface area contributed by atoms with E-state index < -0.39 is 29.2 Å². The van der Waals surface area contributed by atoms with Gasteiger partial charge in [0.25, 0.3) is 0 Å². The largest absolute Gasteiger partial charge is 0.481 e. The number of urea groups is 1. The lowest BCUT2D eigenvalue weighted by Crippen LogP contribution is -2.48. The van der Waals surface area contributed by atoms with Crippen molar-refractivity contribution in [1.82, 2.24) is 10.6 Å². The molecule has 8 heteroatoms. The third kappa shape index (κ3) is 5.12. The first-order chi connectivity index (χ1) is 11.7. The van der Waals surface area contributed by atoms with Gasteiger partial charge < -0.3 is 20.8 Å². The minimum Gasteiger partial charge on any atom is -0.481 e. The number of benzene rings is 1. The first kappa shape index (κ1) is 19.1. The lowest BCUT2D eigenvalue weighted by molar-refractivity contribution is -0.142. The maximum Gasteiger partial charge on any atom is 0.315 e. The van der Waals surface area contributed by atoms with Gasteiger partial charge in [-0.05, 0) is 38.7 Å². The summed E-state index contributed by atoms with van der Waals surface area (Å²) in [5, 5.41) is 24.5. The summed E-state index contributed by atoms with van der Waals surface area (Å²) in [6.45, 7) is 1.06. The molecule has 25 heavy (non-hydrogen) atoms. The Kier molecular flexibility index (Phi) is 5.94. The van der Waals surface area contributed by atoms with Crippen molar-refractivity contribution >= 4 is 12.0 Å². The number of carbonyl (C=O) groups excluding carboxylic acids is 1. The molecule has 2 amide bonds. The molecule has 6 nitrogen and oxygen atoms in total. The molecular formula is C17H22F2N2O4. The second-order valence-corrected chi connectivity index (χ2v) is 6.61. The van der Waals surface area contributed by atoms with Crippen molar-refractivity contribution in [3.63, 3.8) is 0 Å². The molecule has 1 aromatic rings. The van der Waals surface area contributed by atoms with Crippen LogP contribution in [0, 0.1) is 17.6 Å². The fourth-order valence-corrected chi connectivity index (χ4v) is 3.00. The first-order valence-electron chi connectivity index (χ1n) is 8.14. The number of halogens is 2. The number of carbonyl (C=O) groups is 2. The average molecular weight is 356 g/mol. The molecule has 0 aromatic heterocycles. The molecule has 0 bridgehead atoms. The Bertz CT molecular complexity index is 644. The van der Waals surface area contributed by atoms with Crippen molar-refractivity contribution < 1.29 is 28.6 Å². The summed E-state index contributed by atoms with van der Waals surface area (Å²) in [4.78, 5) is 22.8. The second-order valence-electron chi connectivity index (χ2n) is 6.61. The number of aliphatic hydroxyl groups is 1. The van der Waals surface area contributed by atoms with Crippen LogP contribution >= 0.6 is 0 Å². The van der Waals surface area contributed by atoms with E-state index in [2.05, 4.69) is 10.6 Å². The van der Waals surface area contributed by atoms with Crippen LogP contribution in [0.5, 0.6) is 0 Å². The second kappa shape index (κ2) is 7.77. The average Bonchev–Trinajstić information content (AvgIpc) is 2.53. The maximum absolute atomic E-state index is 13.8. The number of aliphatic carboxylic acids is 1. The molecule has 0 aliphatic heterocycles. The number of nitrogens with one attached hydrogen (secondary N) is 2. The van der Waals surface area contributed by atoms with Crippen molar-refractivity contribution in [3.8, 4) is 0 Å². The van der Waals surface area contributed by atoms with E-state index in [9.17, 15) is 23.5 Å². The molecule has 1 atom stereocenters. The summed E-state index contributed by atoms with van der Waals surface area (Å²) >= 11 is 0. The van der Waals surface area contributed by atoms with Gasteiger partial charge in [0.15, 0.2) is 0 Å². The predicted octanol–water partition coefficient (Wildman–Crippen LogP) is 2.11. The van der Waals surface area contributed by atoms with Gasteiger partial charge in [0.05, 0.1) is 12.5 Å². The van der Waals surface area contributed by atoms with Crippen molar-refractivity contribution in [2.75, 3.05) is 6.54 Å². The monoisotopic (exact) mass is 356 g/mol. The lowest BCUT2D eigenvalue weighted by Gasteiger charge is -2.28. The van der Waals surface area contributed by atoms with Gasteiger partial charge in [-0.3, -0.25) is 4.79 Å². The molecule has 0 saturated heterocycles. The number of carboxylic acids is 1. The van der Waals surface area contributed by atoms with Crippen molar-refractivity contribution in [3.05, 3.63) is 35.4 Å². The highest BCUT2D eigenvalue weighted by molar-refractivity contribution is 5.74. The number of hydrogen-bond donors (Lipinski definition) is 4. The summed E-state index contributed by atoms with van der Waals surface area (Å²) < 4.78 is 26.7. The molecule has 0 heterocycles. The molecule has 4 N–H and O–H groups in total. The molecule has 1 aromatic carbocycles. The van der Waals surface area contributed by atoms with E-state index in [1.807, 2.05) is 0 Å². The highest BCUT2D eigenvalue weighted by atomic mass is 19.1. The molecule has 1 unspecified atom stereocenters. The molecule has 1 fully saturated rings. The minimum atomic E-state index is -1.70. The van der Waals surface area contributed by atoms with E-state index >= 15 is 0 Å². The summed E-state index contributed by atoms with van der Waals surface area (Å²) in [6.07, 6.45) is 2.12. The Morgan fingerprint density at radius 1 is 1.24 bits per heavy atom. The van der Waals surface area contributed by atoms with Crippen LogP contribution in [0.15, 0.2) is 18.2 Å². The van der Waals surface area contributed by atoms with Crippen LogP contribution < -0.4 is 10.6 Å². The van der Waals surface area contributed by atoms with Gasteiger partial charge in [-0.25, -0.2) is 13.6 Å². The summed E-state index contributed by atoms with van der Waals surface area (Å²) in [5.74, 6) is -2.83. The molecule has 0 spiro atoms. The van der Waals surface area contributed by atoms with Crippen LogP contribution in [-0.4, -0.2) is 34.8 Å². The van der Waals surface area contributed by atoms with Crippen molar-refractivity contribution in [2.45, 2.75) is 44.2 Å². The van der Waals surface area contributed by atoms with Gasteiger partial charge >= 0.3 is 12.0 Å². The van der Waals surface area contributed by atoms with Crippen molar-refractivity contribution in [2.24, 2.45) is 5.92 Å². The standard InChI is InChI=1S/C17H22F2N2O4/c1-17(25,13-7-4-11(18)8-14(13)19)9-20-16(24)21-12-5-2-10(3-6-12)15(22)23/h4,7-8,10,12,25H,2-3,5-6,9H2,1H3,(H,22,23)(H2,20,21,24). The molecule has 1 saturated carbocycles. The zero-order valence-electron chi connectivity index (χ0n) is 13.9. The Balaban J connectivity index is 1.84. The van der Waals surface area contributed by atoms with Crippen LogP contribution in [-0.2, 0) is 10.4 Å². The topological polar surface area (TPSA) is 98.7 Å². The number of rotatable bonds is 5. The van der Waals surface area contributed by atoms with Crippen LogP contribution in [0.1, 0.15) is 38.2 Å². The quantitative estimate of drug-likeness (QED) is 0.649. The van der Waals surface area contributed by atoms with Crippen LogP contribution in [0.2, 0.25) is 0 Å². The number of carboxylic acid groups (broad SMARTS) is 1.